The number of carbonyl (C=O) groups excluding carboxylic acids is 1. The zero-order chi connectivity index (χ0) is 18.7. The Balaban J connectivity index is 1.63. The second-order valence-corrected chi connectivity index (χ2v) is 6.80. The van der Waals surface area contributed by atoms with Crippen LogP contribution in [-0.2, 0) is 10.3 Å². The Labute approximate surface area is 157 Å². The highest BCUT2D eigenvalue weighted by Gasteiger charge is 2.36. The molecule has 0 spiro atoms. The molecule has 0 radical (unpaired) electrons. The van der Waals surface area contributed by atoms with E-state index in [0.29, 0.717) is 31.6 Å². The molecule has 0 saturated carbocycles. The van der Waals surface area contributed by atoms with Gasteiger partial charge in [0, 0.05) is 36.9 Å². The Morgan fingerprint density at radius 2 is 1.70 bits per heavy atom. The highest BCUT2D eigenvalue weighted by Crippen LogP contribution is 2.32. The Morgan fingerprint density at radius 3 is 2.41 bits per heavy atom. The first-order valence-electron chi connectivity index (χ1n) is 9.06. The molecule has 3 aromatic rings. The quantitative estimate of drug-likeness (QED) is 0.759. The Bertz CT molecular complexity index is 914. The number of nitrogens with zero attached hydrogens (tertiary/aromatic N) is 1. The Hall–Kier alpha value is -2.92. The molecule has 1 amide bonds. The zero-order valence-corrected chi connectivity index (χ0v) is 14.9. The highest BCUT2D eigenvalue weighted by molar-refractivity contribution is 5.95. The monoisotopic (exact) mass is 364 g/mol. The first kappa shape index (κ1) is 17.5. The van der Waals surface area contributed by atoms with E-state index in [1.165, 1.54) is 12.1 Å². The third kappa shape index (κ3) is 3.64. The van der Waals surface area contributed by atoms with E-state index < -0.39 is 5.54 Å². The van der Waals surface area contributed by atoms with Gasteiger partial charge in [0.05, 0.1) is 5.54 Å². The van der Waals surface area contributed by atoms with Gasteiger partial charge in [0.25, 0.3) is 5.91 Å². The van der Waals surface area contributed by atoms with Gasteiger partial charge in [-0.2, -0.15) is 0 Å². The van der Waals surface area contributed by atoms with Gasteiger partial charge in [-0.15, -0.1) is 0 Å². The molecule has 138 valence electrons. The summed E-state index contributed by atoms with van der Waals surface area (Å²) in [5.74, 6) is -0.429. The molecular formula is C22H21FN2O2. The maximum absolute atomic E-state index is 13.4. The average molecular weight is 364 g/mol. The summed E-state index contributed by atoms with van der Waals surface area (Å²) >= 11 is 0. The van der Waals surface area contributed by atoms with Gasteiger partial charge >= 0.3 is 0 Å². The van der Waals surface area contributed by atoms with Crippen molar-refractivity contribution in [1.29, 1.82) is 0 Å². The van der Waals surface area contributed by atoms with Crippen LogP contribution in [-0.4, -0.2) is 23.7 Å². The molecular weight excluding hydrogens is 343 g/mol. The number of ether oxygens (including phenoxy) is 1. The zero-order valence-electron chi connectivity index (χ0n) is 14.9. The maximum atomic E-state index is 13.4. The van der Waals surface area contributed by atoms with Crippen molar-refractivity contribution < 1.29 is 13.9 Å². The van der Waals surface area contributed by atoms with Crippen LogP contribution in [0.4, 0.5) is 4.39 Å². The number of benzene rings is 2. The fraction of sp³-hybridized carbons (Fsp3) is 0.227. The van der Waals surface area contributed by atoms with Crippen molar-refractivity contribution in [3.05, 3.63) is 90.0 Å². The second-order valence-electron chi connectivity index (χ2n) is 6.80. The van der Waals surface area contributed by atoms with Crippen LogP contribution in [0.3, 0.4) is 0 Å². The molecule has 5 heteroatoms. The fourth-order valence-corrected chi connectivity index (χ4v) is 3.58. The molecule has 1 aliphatic rings. The first-order chi connectivity index (χ1) is 13.2. The summed E-state index contributed by atoms with van der Waals surface area (Å²) in [4.78, 5) is 13.0. The van der Waals surface area contributed by atoms with Crippen molar-refractivity contribution in [2.75, 3.05) is 13.2 Å². The number of amides is 1. The average Bonchev–Trinajstić information content (AvgIpc) is 3.24. The van der Waals surface area contributed by atoms with Crippen molar-refractivity contribution in [2.45, 2.75) is 18.4 Å². The van der Waals surface area contributed by atoms with Gasteiger partial charge in [0.1, 0.15) is 5.82 Å². The topological polar surface area (TPSA) is 43.3 Å². The van der Waals surface area contributed by atoms with Gasteiger partial charge in [0.15, 0.2) is 0 Å². The molecule has 1 aliphatic heterocycles. The number of hydrogen-bond acceptors (Lipinski definition) is 2. The van der Waals surface area contributed by atoms with Crippen LogP contribution in [0.5, 0.6) is 0 Å². The summed E-state index contributed by atoms with van der Waals surface area (Å²) in [6, 6.07) is 17.8. The lowest BCUT2D eigenvalue weighted by Gasteiger charge is -2.38. The van der Waals surface area contributed by atoms with Gasteiger partial charge in [-0.25, -0.2) is 4.39 Å². The largest absolute Gasteiger partial charge is 0.381 e. The molecule has 2 heterocycles. The van der Waals surface area contributed by atoms with E-state index in [-0.39, 0.29) is 11.7 Å². The van der Waals surface area contributed by atoms with Crippen LogP contribution in [0.2, 0.25) is 0 Å². The van der Waals surface area contributed by atoms with Gasteiger partial charge in [-0.3, -0.25) is 4.79 Å². The lowest BCUT2D eigenvalue weighted by Crippen LogP contribution is -2.49. The standard InChI is InChI=1S/C22H21FN2O2/c23-19-8-6-18(7-9-19)22(10-14-27-15-11-22)24-21(26)17-4-3-5-20(16-17)25-12-1-2-13-25/h1-9,12-13,16H,10-11,14-15H2,(H,24,26). The minimum Gasteiger partial charge on any atom is -0.381 e. The number of carbonyl (C=O) groups is 1. The lowest BCUT2D eigenvalue weighted by molar-refractivity contribution is 0.0345. The molecule has 1 fully saturated rings. The molecule has 4 nitrogen and oxygen atoms in total. The molecule has 4 rings (SSSR count). The number of aromatic nitrogens is 1. The van der Waals surface area contributed by atoms with Gasteiger partial charge < -0.3 is 14.6 Å². The van der Waals surface area contributed by atoms with E-state index in [9.17, 15) is 9.18 Å². The van der Waals surface area contributed by atoms with E-state index >= 15 is 0 Å². The summed E-state index contributed by atoms with van der Waals surface area (Å²) in [6.45, 7) is 1.11. The normalized spacial score (nSPS) is 16.0. The number of rotatable bonds is 4. The molecule has 27 heavy (non-hydrogen) atoms. The second kappa shape index (κ2) is 7.37. The SMILES string of the molecule is O=C(NC1(c2ccc(F)cc2)CCOCC1)c1cccc(-n2cccc2)c1. The van der Waals surface area contributed by atoms with Gasteiger partial charge in [-0.1, -0.05) is 18.2 Å². The molecule has 0 bridgehead atoms. The van der Waals surface area contributed by atoms with E-state index in [4.69, 9.17) is 4.74 Å². The fourth-order valence-electron chi connectivity index (χ4n) is 3.58. The van der Waals surface area contributed by atoms with Gasteiger partial charge in [-0.05, 0) is 60.9 Å². The van der Waals surface area contributed by atoms with Crippen LogP contribution in [0.1, 0.15) is 28.8 Å². The van der Waals surface area contributed by atoms with E-state index in [0.717, 1.165) is 11.3 Å². The molecule has 1 saturated heterocycles. The number of hydrogen-bond donors (Lipinski definition) is 1. The Kier molecular flexibility index (Phi) is 4.77. The minimum atomic E-state index is -0.549. The van der Waals surface area contributed by atoms with Crippen LogP contribution >= 0.6 is 0 Å². The van der Waals surface area contributed by atoms with Crippen LogP contribution in [0.25, 0.3) is 5.69 Å². The molecule has 0 aliphatic carbocycles. The van der Waals surface area contributed by atoms with Gasteiger partial charge in [0.2, 0.25) is 0 Å². The molecule has 1 N–H and O–H groups in total. The first-order valence-corrected chi connectivity index (χ1v) is 9.06. The summed E-state index contributed by atoms with van der Waals surface area (Å²) in [7, 11) is 0. The third-order valence-electron chi connectivity index (χ3n) is 5.11. The van der Waals surface area contributed by atoms with E-state index in [1.54, 1.807) is 18.2 Å². The number of nitrogens with one attached hydrogen (secondary N) is 1. The van der Waals surface area contributed by atoms with Crippen molar-refractivity contribution in [2.24, 2.45) is 0 Å². The third-order valence-corrected chi connectivity index (χ3v) is 5.11. The van der Waals surface area contributed by atoms with Crippen molar-refractivity contribution in [3.63, 3.8) is 0 Å². The Morgan fingerprint density at radius 1 is 1.00 bits per heavy atom. The van der Waals surface area contributed by atoms with Crippen LogP contribution in [0.15, 0.2) is 73.1 Å². The maximum Gasteiger partial charge on any atom is 0.252 e. The van der Waals surface area contributed by atoms with Crippen LogP contribution < -0.4 is 5.32 Å². The van der Waals surface area contributed by atoms with Crippen molar-refractivity contribution in [3.8, 4) is 5.69 Å². The minimum absolute atomic E-state index is 0.143. The van der Waals surface area contributed by atoms with E-state index in [2.05, 4.69) is 5.32 Å². The van der Waals surface area contributed by atoms with Crippen LogP contribution in [0, 0.1) is 5.82 Å². The molecule has 1 aromatic heterocycles. The van der Waals surface area contributed by atoms with Crippen molar-refractivity contribution in [1.82, 2.24) is 9.88 Å². The predicted molar refractivity (Wildman–Crippen MR) is 101 cm³/mol. The smallest absolute Gasteiger partial charge is 0.252 e. The van der Waals surface area contributed by atoms with E-state index in [1.807, 2.05) is 47.3 Å². The summed E-state index contributed by atoms with van der Waals surface area (Å²) < 4.78 is 20.8. The highest BCUT2D eigenvalue weighted by atomic mass is 19.1. The number of halogens is 1. The molecule has 0 atom stereocenters. The van der Waals surface area contributed by atoms with Crippen molar-refractivity contribution >= 4 is 5.91 Å². The summed E-state index contributed by atoms with van der Waals surface area (Å²) in [5.41, 5.74) is 1.87. The predicted octanol–water partition coefficient (Wildman–Crippen LogP) is 4.05. The molecule has 2 aromatic carbocycles. The molecule has 0 unspecified atom stereocenters. The lowest BCUT2D eigenvalue weighted by atomic mass is 9.82. The summed E-state index contributed by atoms with van der Waals surface area (Å²) in [6.07, 6.45) is 5.19. The summed E-state index contributed by atoms with van der Waals surface area (Å²) in [5, 5.41) is 3.21.